The van der Waals surface area contributed by atoms with E-state index in [1.807, 2.05) is 42.2 Å². The third-order valence-electron chi connectivity index (χ3n) is 4.08. The van der Waals surface area contributed by atoms with E-state index in [4.69, 9.17) is 11.6 Å². The molecular weight excluding hydrogens is 296 g/mol. The van der Waals surface area contributed by atoms with Gasteiger partial charge in [0.15, 0.2) is 5.84 Å². The zero-order valence-electron chi connectivity index (χ0n) is 12.2. The lowest BCUT2D eigenvalue weighted by Crippen LogP contribution is -2.25. The molecule has 4 nitrogen and oxygen atoms in total. The van der Waals surface area contributed by atoms with Crippen molar-refractivity contribution in [1.29, 1.82) is 0 Å². The van der Waals surface area contributed by atoms with Crippen molar-refractivity contribution in [3.8, 4) is 0 Å². The third kappa shape index (κ3) is 2.07. The Labute approximate surface area is 134 Å². The molecule has 3 heterocycles. The van der Waals surface area contributed by atoms with Crippen LogP contribution in [0.1, 0.15) is 16.8 Å². The predicted molar refractivity (Wildman–Crippen MR) is 88.8 cm³/mol. The molecule has 5 heteroatoms. The zero-order valence-corrected chi connectivity index (χ0v) is 13.0. The average molecular weight is 311 g/mol. The maximum atomic E-state index is 6.36. The van der Waals surface area contributed by atoms with E-state index in [9.17, 15) is 0 Å². The van der Waals surface area contributed by atoms with E-state index in [1.165, 1.54) is 11.1 Å². The Morgan fingerprint density at radius 3 is 2.95 bits per heavy atom. The van der Waals surface area contributed by atoms with Crippen molar-refractivity contribution in [2.24, 2.45) is 4.99 Å². The summed E-state index contributed by atoms with van der Waals surface area (Å²) >= 11 is 6.36. The van der Waals surface area contributed by atoms with E-state index in [0.29, 0.717) is 0 Å². The van der Waals surface area contributed by atoms with Crippen molar-refractivity contribution in [3.05, 3.63) is 70.8 Å². The van der Waals surface area contributed by atoms with Crippen LogP contribution in [0.3, 0.4) is 0 Å². The van der Waals surface area contributed by atoms with E-state index in [0.717, 1.165) is 35.2 Å². The number of allylic oxidation sites excluding steroid dienone is 1. The molecular formula is C17H15ClN4. The van der Waals surface area contributed by atoms with Crippen molar-refractivity contribution >= 4 is 23.1 Å². The van der Waals surface area contributed by atoms with Crippen LogP contribution in [0.5, 0.6) is 0 Å². The van der Waals surface area contributed by atoms with Gasteiger partial charge in [0.1, 0.15) is 0 Å². The van der Waals surface area contributed by atoms with Gasteiger partial charge in [-0.15, -0.1) is 0 Å². The first kappa shape index (κ1) is 13.3. The smallest absolute Gasteiger partial charge is 0.155 e. The number of halogens is 1. The molecule has 2 aliphatic rings. The second kappa shape index (κ2) is 5.14. The average Bonchev–Trinajstić information content (AvgIpc) is 2.82. The van der Waals surface area contributed by atoms with Crippen molar-refractivity contribution < 1.29 is 0 Å². The molecule has 0 N–H and O–H groups in total. The molecule has 110 valence electrons. The molecule has 0 bridgehead atoms. The molecule has 0 atom stereocenters. The number of hydrogen-bond donors (Lipinski definition) is 0. The van der Waals surface area contributed by atoms with Crippen LogP contribution in [-0.4, -0.2) is 27.1 Å². The third-order valence-corrected chi connectivity index (χ3v) is 4.43. The molecule has 2 aliphatic heterocycles. The van der Waals surface area contributed by atoms with Crippen LogP contribution in [0, 0.1) is 6.92 Å². The van der Waals surface area contributed by atoms with Crippen LogP contribution in [0.25, 0.3) is 5.70 Å². The highest BCUT2D eigenvalue weighted by atomic mass is 35.5. The maximum absolute atomic E-state index is 6.36. The summed E-state index contributed by atoms with van der Waals surface area (Å²) < 4.78 is 1.85. The molecule has 0 unspecified atom stereocenters. The topological polar surface area (TPSA) is 33.4 Å². The van der Waals surface area contributed by atoms with Gasteiger partial charge in [0.05, 0.1) is 5.70 Å². The Hall–Kier alpha value is -2.33. The fraction of sp³-hybridized carbons (Fsp3) is 0.176. The van der Waals surface area contributed by atoms with Gasteiger partial charge in [-0.1, -0.05) is 23.7 Å². The number of nitrogens with zero attached hydrogens (tertiary/aromatic N) is 4. The summed E-state index contributed by atoms with van der Waals surface area (Å²) in [5.41, 5.74) is 4.55. The van der Waals surface area contributed by atoms with E-state index < -0.39 is 0 Å². The van der Waals surface area contributed by atoms with Crippen LogP contribution in [0.2, 0.25) is 5.02 Å². The van der Waals surface area contributed by atoms with E-state index in [2.05, 4.69) is 27.1 Å². The van der Waals surface area contributed by atoms with Gasteiger partial charge in [-0.2, -0.15) is 5.10 Å². The second-order valence-electron chi connectivity index (χ2n) is 5.41. The molecule has 0 spiro atoms. The van der Waals surface area contributed by atoms with Crippen LogP contribution in [-0.2, 0) is 6.42 Å². The number of rotatable bonds is 0. The highest BCUT2D eigenvalue weighted by Crippen LogP contribution is 2.34. The first-order chi connectivity index (χ1) is 10.7. The SMILES string of the molecule is Cc1ccnn1C1=NC=CN2CCc3c(Cl)cccc3C2=C1. The van der Waals surface area contributed by atoms with Crippen LogP contribution < -0.4 is 0 Å². The summed E-state index contributed by atoms with van der Waals surface area (Å²) in [6, 6.07) is 8.04. The molecule has 1 aromatic carbocycles. The van der Waals surface area contributed by atoms with Crippen LogP contribution in [0.4, 0.5) is 0 Å². The molecule has 2 aromatic rings. The fourth-order valence-electron chi connectivity index (χ4n) is 2.95. The molecule has 0 aliphatic carbocycles. The monoisotopic (exact) mass is 310 g/mol. The predicted octanol–water partition coefficient (Wildman–Crippen LogP) is 3.48. The molecule has 0 amide bonds. The Kier molecular flexibility index (Phi) is 3.12. The van der Waals surface area contributed by atoms with Gasteiger partial charge in [0.2, 0.25) is 0 Å². The summed E-state index contributed by atoms with van der Waals surface area (Å²) in [6.45, 7) is 2.92. The summed E-state index contributed by atoms with van der Waals surface area (Å²) in [5, 5.41) is 5.19. The lowest BCUT2D eigenvalue weighted by Gasteiger charge is -2.30. The summed E-state index contributed by atoms with van der Waals surface area (Å²) in [5.74, 6) is 0.809. The quantitative estimate of drug-likeness (QED) is 0.746. The zero-order chi connectivity index (χ0) is 15.1. The lowest BCUT2D eigenvalue weighted by atomic mass is 9.96. The highest BCUT2D eigenvalue weighted by molar-refractivity contribution is 6.31. The molecule has 0 radical (unpaired) electrons. The number of aromatic nitrogens is 2. The van der Waals surface area contributed by atoms with Crippen molar-refractivity contribution in [3.63, 3.8) is 0 Å². The molecule has 0 fully saturated rings. The first-order valence-corrected chi connectivity index (χ1v) is 7.63. The Morgan fingerprint density at radius 1 is 1.23 bits per heavy atom. The Morgan fingerprint density at radius 2 is 2.14 bits per heavy atom. The fourth-order valence-corrected chi connectivity index (χ4v) is 3.22. The van der Waals surface area contributed by atoms with Crippen molar-refractivity contribution in [2.45, 2.75) is 13.3 Å². The van der Waals surface area contributed by atoms with E-state index in [-0.39, 0.29) is 0 Å². The van der Waals surface area contributed by atoms with Crippen molar-refractivity contribution in [2.75, 3.05) is 6.54 Å². The maximum Gasteiger partial charge on any atom is 0.155 e. The van der Waals surface area contributed by atoms with E-state index in [1.54, 1.807) is 6.20 Å². The Balaban J connectivity index is 1.88. The minimum atomic E-state index is 0.809. The molecule has 22 heavy (non-hydrogen) atoms. The van der Waals surface area contributed by atoms with Crippen LogP contribution >= 0.6 is 11.6 Å². The Bertz CT molecular complexity index is 829. The number of benzene rings is 1. The number of fused-ring (bicyclic) bond motifs is 3. The first-order valence-electron chi connectivity index (χ1n) is 7.25. The molecule has 0 saturated heterocycles. The number of aliphatic imine (C=N–C) groups is 1. The van der Waals surface area contributed by atoms with Gasteiger partial charge in [-0.3, -0.25) is 0 Å². The second-order valence-corrected chi connectivity index (χ2v) is 5.82. The minimum Gasteiger partial charge on any atom is -0.345 e. The largest absolute Gasteiger partial charge is 0.345 e. The van der Waals surface area contributed by atoms with Gasteiger partial charge in [-0.25, -0.2) is 9.67 Å². The van der Waals surface area contributed by atoms with Crippen molar-refractivity contribution in [1.82, 2.24) is 14.7 Å². The number of aryl methyl sites for hydroxylation is 1. The summed E-state index contributed by atoms with van der Waals surface area (Å²) in [4.78, 5) is 6.75. The van der Waals surface area contributed by atoms with Crippen LogP contribution in [0.15, 0.2) is 53.9 Å². The molecule has 0 saturated carbocycles. The van der Waals surface area contributed by atoms with Gasteiger partial charge < -0.3 is 4.90 Å². The van der Waals surface area contributed by atoms with Gasteiger partial charge in [0, 0.05) is 47.5 Å². The van der Waals surface area contributed by atoms with Gasteiger partial charge in [0.25, 0.3) is 0 Å². The number of hydrogen-bond acceptors (Lipinski definition) is 3. The summed E-state index contributed by atoms with van der Waals surface area (Å²) in [6.07, 6.45) is 8.65. The lowest BCUT2D eigenvalue weighted by molar-refractivity contribution is 0.515. The standard InChI is InChI=1S/C17H15ClN4/c1-12-5-7-20-22(12)17-11-16-14-3-2-4-15(18)13(14)6-9-21(16)10-8-19-17/h2-5,7-8,10-11H,6,9H2,1H3. The van der Waals surface area contributed by atoms with E-state index >= 15 is 0 Å². The molecule has 1 aromatic heterocycles. The minimum absolute atomic E-state index is 0.809. The van der Waals surface area contributed by atoms with Gasteiger partial charge in [-0.05, 0) is 31.0 Å². The highest BCUT2D eigenvalue weighted by Gasteiger charge is 2.23. The normalized spacial score (nSPS) is 16.5. The molecule has 4 rings (SSSR count). The summed E-state index contributed by atoms with van der Waals surface area (Å²) in [7, 11) is 0. The van der Waals surface area contributed by atoms with Gasteiger partial charge >= 0.3 is 0 Å².